The van der Waals surface area contributed by atoms with Gasteiger partial charge in [0.25, 0.3) is 0 Å². The molecule has 0 aliphatic carbocycles. The van der Waals surface area contributed by atoms with Crippen molar-refractivity contribution < 1.29 is 9.53 Å². The highest BCUT2D eigenvalue weighted by atomic mass is 35.5. The number of carbonyl (C=O) groups is 1. The van der Waals surface area contributed by atoms with Gasteiger partial charge >= 0.3 is 0 Å². The summed E-state index contributed by atoms with van der Waals surface area (Å²) in [7, 11) is 1.90. The fraction of sp³-hybridized carbons (Fsp3) is 0.412. The van der Waals surface area contributed by atoms with Crippen LogP contribution >= 0.6 is 23.2 Å². The Balaban J connectivity index is 1.60. The van der Waals surface area contributed by atoms with E-state index in [0.29, 0.717) is 15.7 Å². The smallest absolute Gasteiger partial charge is 0.230 e. The third-order valence-electron chi connectivity index (χ3n) is 4.96. The normalized spacial score (nSPS) is 28.3. The molecular formula is C17H17Cl2N3O2. The van der Waals surface area contributed by atoms with E-state index in [-0.39, 0.29) is 30.0 Å². The van der Waals surface area contributed by atoms with E-state index < -0.39 is 0 Å². The van der Waals surface area contributed by atoms with Crippen molar-refractivity contribution >= 4 is 34.8 Å². The zero-order valence-corrected chi connectivity index (χ0v) is 14.6. The van der Waals surface area contributed by atoms with Crippen LogP contribution in [-0.2, 0) is 16.6 Å². The van der Waals surface area contributed by atoms with E-state index in [9.17, 15) is 4.79 Å². The molecule has 7 heteroatoms. The average molecular weight is 366 g/mol. The highest BCUT2D eigenvalue weighted by Crippen LogP contribution is 2.49. The Bertz CT molecular complexity index is 792. The lowest BCUT2D eigenvalue weighted by Gasteiger charge is -2.27. The lowest BCUT2D eigenvalue weighted by molar-refractivity contribution is -0.121. The standard InChI is InChI=1S/C17H17Cl2N3O2/c1-22-12(6-7-20-22)15-13-4-5-14(24-13)16(15)17(23)21-9-2-3-10(18)11(19)8-9/h2-3,6-8,13-16H,4-5H2,1H3,(H,21,23). The Morgan fingerprint density at radius 2 is 2.04 bits per heavy atom. The minimum atomic E-state index is -0.228. The van der Waals surface area contributed by atoms with Crippen LogP contribution in [0.25, 0.3) is 0 Å². The zero-order chi connectivity index (χ0) is 16.8. The molecule has 1 aromatic heterocycles. The van der Waals surface area contributed by atoms with Gasteiger partial charge in [0.05, 0.1) is 28.2 Å². The molecule has 4 atom stereocenters. The zero-order valence-electron chi connectivity index (χ0n) is 13.1. The molecule has 2 bridgehead atoms. The van der Waals surface area contributed by atoms with Crippen LogP contribution in [0.2, 0.25) is 10.0 Å². The van der Waals surface area contributed by atoms with Crippen LogP contribution in [0.5, 0.6) is 0 Å². The second kappa shape index (κ2) is 6.06. The molecule has 4 unspecified atom stereocenters. The number of halogens is 2. The summed E-state index contributed by atoms with van der Waals surface area (Å²) in [5.74, 6) is -0.251. The number of rotatable bonds is 3. The molecule has 1 N–H and O–H groups in total. The summed E-state index contributed by atoms with van der Waals surface area (Å²) in [5, 5.41) is 8.08. The molecule has 5 nitrogen and oxygen atoms in total. The Hall–Kier alpha value is -1.56. The number of hydrogen-bond acceptors (Lipinski definition) is 3. The lowest BCUT2D eigenvalue weighted by atomic mass is 9.77. The van der Waals surface area contributed by atoms with E-state index in [0.717, 1.165) is 18.5 Å². The largest absolute Gasteiger partial charge is 0.373 e. The first kappa shape index (κ1) is 15.9. The van der Waals surface area contributed by atoms with E-state index in [1.54, 1.807) is 24.4 Å². The number of aromatic nitrogens is 2. The molecule has 126 valence electrons. The van der Waals surface area contributed by atoms with E-state index in [2.05, 4.69) is 10.4 Å². The van der Waals surface area contributed by atoms with Crippen LogP contribution in [0.15, 0.2) is 30.5 Å². The maximum absolute atomic E-state index is 12.9. The van der Waals surface area contributed by atoms with Gasteiger partial charge in [0.2, 0.25) is 5.91 Å². The first-order valence-corrected chi connectivity index (χ1v) is 8.69. The van der Waals surface area contributed by atoms with Crippen molar-refractivity contribution in [3.8, 4) is 0 Å². The van der Waals surface area contributed by atoms with Gasteiger partial charge in [-0.2, -0.15) is 5.10 Å². The Morgan fingerprint density at radius 3 is 2.75 bits per heavy atom. The summed E-state index contributed by atoms with van der Waals surface area (Å²) in [5.41, 5.74) is 1.68. The van der Waals surface area contributed by atoms with Crippen LogP contribution in [0.1, 0.15) is 24.5 Å². The number of ether oxygens (including phenoxy) is 1. The van der Waals surface area contributed by atoms with Crippen LogP contribution in [0, 0.1) is 5.92 Å². The maximum Gasteiger partial charge on any atom is 0.230 e. The van der Waals surface area contributed by atoms with Crippen molar-refractivity contribution in [3.05, 3.63) is 46.2 Å². The lowest BCUT2D eigenvalue weighted by Crippen LogP contribution is -2.36. The molecule has 3 heterocycles. The van der Waals surface area contributed by atoms with Crippen molar-refractivity contribution in [1.82, 2.24) is 9.78 Å². The highest BCUT2D eigenvalue weighted by Gasteiger charge is 2.53. The highest BCUT2D eigenvalue weighted by molar-refractivity contribution is 6.42. The predicted molar refractivity (Wildman–Crippen MR) is 92.4 cm³/mol. The SMILES string of the molecule is Cn1nccc1C1C2CCC(O2)C1C(=O)Nc1ccc(Cl)c(Cl)c1. The molecule has 0 saturated carbocycles. The van der Waals surface area contributed by atoms with Gasteiger partial charge < -0.3 is 10.1 Å². The van der Waals surface area contributed by atoms with Gasteiger partial charge in [0.15, 0.2) is 0 Å². The molecular weight excluding hydrogens is 349 g/mol. The number of nitrogens with one attached hydrogen (secondary N) is 1. The summed E-state index contributed by atoms with van der Waals surface area (Å²) in [6.45, 7) is 0. The Morgan fingerprint density at radius 1 is 1.25 bits per heavy atom. The van der Waals surface area contributed by atoms with Gasteiger partial charge in [0.1, 0.15) is 0 Å². The third-order valence-corrected chi connectivity index (χ3v) is 5.70. The Labute approximate surface area is 149 Å². The maximum atomic E-state index is 12.9. The van der Waals surface area contributed by atoms with Gasteiger partial charge in [-0.1, -0.05) is 23.2 Å². The van der Waals surface area contributed by atoms with E-state index >= 15 is 0 Å². The average Bonchev–Trinajstić information content (AvgIpc) is 3.25. The minimum absolute atomic E-state index is 0.0269. The molecule has 2 aliphatic heterocycles. The molecule has 0 spiro atoms. The van der Waals surface area contributed by atoms with Crippen LogP contribution in [0.3, 0.4) is 0 Å². The second-order valence-electron chi connectivity index (χ2n) is 6.34. The third kappa shape index (κ3) is 2.61. The summed E-state index contributed by atoms with van der Waals surface area (Å²) in [4.78, 5) is 12.9. The monoisotopic (exact) mass is 365 g/mol. The summed E-state index contributed by atoms with van der Waals surface area (Å²) >= 11 is 12.0. The van der Waals surface area contributed by atoms with Gasteiger partial charge in [-0.25, -0.2) is 0 Å². The number of nitrogens with zero attached hydrogens (tertiary/aromatic N) is 2. The van der Waals surface area contributed by atoms with Crippen molar-refractivity contribution in [2.75, 3.05) is 5.32 Å². The molecule has 2 fully saturated rings. The first-order valence-electron chi connectivity index (χ1n) is 7.94. The molecule has 1 amide bonds. The van der Waals surface area contributed by atoms with E-state index in [1.165, 1.54) is 0 Å². The Kier molecular flexibility index (Phi) is 4.03. The topological polar surface area (TPSA) is 56.2 Å². The van der Waals surface area contributed by atoms with Crippen LogP contribution < -0.4 is 5.32 Å². The summed E-state index contributed by atoms with van der Waals surface area (Å²) in [6.07, 6.45) is 3.69. The van der Waals surface area contributed by atoms with Gasteiger partial charge in [-0.05, 0) is 37.1 Å². The number of benzene rings is 1. The quantitative estimate of drug-likeness (QED) is 0.903. The molecule has 2 saturated heterocycles. The fourth-order valence-corrected chi connectivity index (χ4v) is 4.20. The molecule has 4 rings (SSSR count). The first-order chi connectivity index (χ1) is 11.5. The van der Waals surface area contributed by atoms with Crippen molar-refractivity contribution in [1.29, 1.82) is 0 Å². The number of anilines is 1. The van der Waals surface area contributed by atoms with Gasteiger partial charge in [-0.15, -0.1) is 0 Å². The van der Waals surface area contributed by atoms with Gasteiger partial charge in [0, 0.05) is 30.5 Å². The van der Waals surface area contributed by atoms with Crippen LogP contribution in [0.4, 0.5) is 5.69 Å². The van der Waals surface area contributed by atoms with Crippen LogP contribution in [-0.4, -0.2) is 27.9 Å². The second-order valence-corrected chi connectivity index (χ2v) is 7.15. The van der Waals surface area contributed by atoms with Crippen molar-refractivity contribution in [2.45, 2.75) is 31.0 Å². The number of carbonyl (C=O) groups excluding carboxylic acids is 1. The summed E-state index contributed by atoms with van der Waals surface area (Å²) < 4.78 is 7.86. The molecule has 1 aromatic carbocycles. The molecule has 24 heavy (non-hydrogen) atoms. The van der Waals surface area contributed by atoms with Gasteiger partial charge in [-0.3, -0.25) is 9.48 Å². The number of aryl methyl sites for hydroxylation is 1. The van der Waals surface area contributed by atoms with E-state index in [1.807, 2.05) is 17.8 Å². The van der Waals surface area contributed by atoms with Crippen molar-refractivity contribution in [3.63, 3.8) is 0 Å². The number of hydrogen-bond donors (Lipinski definition) is 1. The molecule has 2 aromatic rings. The molecule has 0 radical (unpaired) electrons. The fourth-order valence-electron chi connectivity index (χ4n) is 3.90. The predicted octanol–water partition coefficient (Wildman–Crippen LogP) is 3.63. The number of fused-ring (bicyclic) bond motifs is 2. The number of amides is 1. The molecule has 2 aliphatic rings. The van der Waals surface area contributed by atoms with E-state index in [4.69, 9.17) is 27.9 Å². The van der Waals surface area contributed by atoms with Crippen molar-refractivity contribution in [2.24, 2.45) is 13.0 Å². The minimum Gasteiger partial charge on any atom is -0.373 e. The summed E-state index contributed by atoms with van der Waals surface area (Å²) in [6, 6.07) is 7.05.